The molecule has 0 atom stereocenters. The quantitative estimate of drug-likeness (QED) is 0.399. The lowest BCUT2D eigenvalue weighted by atomic mass is 9.92. The molecule has 0 unspecified atom stereocenters. The molecule has 33 heavy (non-hydrogen) atoms. The van der Waals surface area contributed by atoms with Gasteiger partial charge in [0.2, 0.25) is 11.8 Å². The first-order valence-corrected chi connectivity index (χ1v) is 12.2. The maximum absolute atomic E-state index is 12.9. The standard InChI is InChI=1S/C26H23N3O3S/c1-19-10-8-9-15-22(19)32-24-18-23(26(16-17-26)20-11-4-2-5-12-20)27-25(28-24)29-33(30,31)21-13-6-3-7-14-21/h2-15,18H,16-17H2,1H3,(H,27,28,29). The van der Waals surface area contributed by atoms with E-state index >= 15 is 0 Å². The molecule has 6 nitrogen and oxygen atoms in total. The average Bonchev–Trinajstić information content (AvgIpc) is 3.64. The maximum atomic E-state index is 12.9. The fourth-order valence-corrected chi connectivity index (χ4v) is 4.87. The van der Waals surface area contributed by atoms with Crippen LogP contribution < -0.4 is 9.46 Å². The summed E-state index contributed by atoms with van der Waals surface area (Å²) in [5.74, 6) is 0.938. The lowest BCUT2D eigenvalue weighted by Gasteiger charge is -2.18. The number of nitrogens with zero attached hydrogens (tertiary/aromatic N) is 2. The Morgan fingerprint density at radius 2 is 1.48 bits per heavy atom. The van der Waals surface area contributed by atoms with Crippen LogP contribution >= 0.6 is 0 Å². The average molecular weight is 458 g/mol. The van der Waals surface area contributed by atoms with E-state index in [1.54, 1.807) is 18.2 Å². The normalized spacial score (nSPS) is 14.5. The van der Waals surface area contributed by atoms with Crippen molar-refractivity contribution in [1.29, 1.82) is 0 Å². The summed E-state index contributed by atoms with van der Waals surface area (Å²) in [6.07, 6.45) is 1.84. The van der Waals surface area contributed by atoms with Gasteiger partial charge in [-0.3, -0.25) is 0 Å². The Labute approximate surface area is 193 Å². The predicted octanol–water partition coefficient (Wildman–Crippen LogP) is 5.46. The third-order valence-electron chi connectivity index (χ3n) is 5.86. The smallest absolute Gasteiger partial charge is 0.264 e. The Balaban J connectivity index is 1.57. The van der Waals surface area contributed by atoms with E-state index in [9.17, 15) is 8.42 Å². The second kappa shape index (κ2) is 8.33. The fourth-order valence-electron chi connectivity index (χ4n) is 3.91. The molecule has 3 aromatic carbocycles. The van der Waals surface area contributed by atoms with Crippen molar-refractivity contribution in [1.82, 2.24) is 9.97 Å². The Hall–Kier alpha value is -3.71. The van der Waals surface area contributed by atoms with Gasteiger partial charge in [-0.15, -0.1) is 0 Å². The summed E-state index contributed by atoms with van der Waals surface area (Å²) in [5.41, 5.74) is 2.55. The molecule has 0 saturated heterocycles. The molecular weight excluding hydrogens is 434 g/mol. The van der Waals surface area contributed by atoms with Gasteiger partial charge < -0.3 is 4.74 Å². The van der Waals surface area contributed by atoms with Gasteiger partial charge in [0.25, 0.3) is 10.0 Å². The van der Waals surface area contributed by atoms with Crippen LogP contribution in [0.4, 0.5) is 5.95 Å². The minimum atomic E-state index is -3.85. The second-order valence-electron chi connectivity index (χ2n) is 8.15. The van der Waals surface area contributed by atoms with Crippen molar-refractivity contribution in [3.05, 3.63) is 108 Å². The molecule has 1 heterocycles. The van der Waals surface area contributed by atoms with Crippen molar-refractivity contribution < 1.29 is 13.2 Å². The van der Waals surface area contributed by atoms with E-state index in [1.165, 1.54) is 12.1 Å². The molecule has 1 fully saturated rings. The van der Waals surface area contributed by atoms with Crippen molar-refractivity contribution in [3.8, 4) is 11.6 Å². The highest BCUT2D eigenvalue weighted by Gasteiger charge is 2.47. The van der Waals surface area contributed by atoms with Crippen molar-refractivity contribution in [2.45, 2.75) is 30.1 Å². The van der Waals surface area contributed by atoms with E-state index < -0.39 is 10.0 Å². The Morgan fingerprint density at radius 1 is 0.848 bits per heavy atom. The van der Waals surface area contributed by atoms with E-state index in [-0.39, 0.29) is 16.3 Å². The first-order chi connectivity index (χ1) is 16.0. The zero-order valence-electron chi connectivity index (χ0n) is 18.1. The van der Waals surface area contributed by atoms with Crippen molar-refractivity contribution in [2.24, 2.45) is 0 Å². The van der Waals surface area contributed by atoms with Crippen molar-refractivity contribution in [2.75, 3.05) is 4.72 Å². The minimum absolute atomic E-state index is 0.0119. The van der Waals surface area contributed by atoms with Gasteiger partial charge in [-0.25, -0.2) is 18.1 Å². The number of nitrogens with one attached hydrogen (secondary N) is 1. The first-order valence-electron chi connectivity index (χ1n) is 10.7. The Bertz CT molecular complexity index is 1390. The number of benzene rings is 3. The summed E-state index contributed by atoms with van der Waals surface area (Å²) in [6, 6.07) is 27.7. The molecule has 166 valence electrons. The van der Waals surface area contributed by atoms with Crippen LogP contribution in [0.3, 0.4) is 0 Å². The number of hydrogen-bond acceptors (Lipinski definition) is 5. The van der Waals surface area contributed by atoms with Gasteiger partial charge in [0, 0.05) is 11.5 Å². The summed E-state index contributed by atoms with van der Waals surface area (Å²) in [5, 5.41) is 0. The number of ether oxygens (including phenoxy) is 1. The first kappa shape index (κ1) is 21.2. The number of anilines is 1. The third-order valence-corrected chi connectivity index (χ3v) is 7.20. The van der Waals surface area contributed by atoms with Crippen LogP contribution in [0.1, 0.15) is 29.7 Å². The topological polar surface area (TPSA) is 81.2 Å². The van der Waals surface area contributed by atoms with Crippen LogP contribution in [0.2, 0.25) is 0 Å². The van der Waals surface area contributed by atoms with E-state index in [0.717, 1.165) is 29.7 Å². The lowest BCUT2D eigenvalue weighted by molar-refractivity contribution is 0.457. The summed E-state index contributed by atoms with van der Waals surface area (Å²) < 4.78 is 34.5. The van der Waals surface area contributed by atoms with Crippen LogP contribution in [0.15, 0.2) is 95.9 Å². The second-order valence-corrected chi connectivity index (χ2v) is 9.83. The molecule has 0 aliphatic heterocycles. The summed E-state index contributed by atoms with van der Waals surface area (Å²) in [4.78, 5) is 9.17. The zero-order valence-corrected chi connectivity index (χ0v) is 18.9. The SMILES string of the molecule is Cc1ccccc1Oc1cc(C2(c3ccccc3)CC2)nc(NS(=O)(=O)c2ccccc2)n1. The molecule has 1 aliphatic carbocycles. The summed E-state index contributed by atoms with van der Waals surface area (Å²) in [6.45, 7) is 1.95. The predicted molar refractivity (Wildman–Crippen MR) is 127 cm³/mol. The summed E-state index contributed by atoms with van der Waals surface area (Å²) in [7, 11) is -3.85. The van der Waals surface area contributed by atoms with Crippen molar-refractivity contribution in [3.63, 3.8) is 0 Å². The van der Waals surface area contributed by atoms with Gasteiger partial charge in [0.15, 0.2) is 0 Å². The molecule has 1 saturated carbocycles. The van der Waals surface area contributed by atoms with Crippen LogP contribution in [0.25, 0.3) is 0 Å². The highest BCUT2D eigenvalue weighted by atomic mass is 32.2. The van der Waals surface area contributed by atoms with E-state index in [1.807, 2.05) is 55.5 Å². The van der Waals surface area contributed by atoms with Crippen LogP contribution in [0, 0.1) is 6.92 Å². The van der Waals surface area contributed by atoms with E-state index in [4.69, 9.17) is 4.74 Å². The molecule has 1 N–H and O–H groups in total. The van der Waals surface area contributed by atoms with Gasteiger partial charge in [-0.2, -0.15) is 4.98 Å². The van der Waals surface area contributed by atoms with E-state index in [0.29, 0.717) is 11.6 Å². The molecule has 1 aliphatic rings. The molecule has 0 bridgehead atoms. The number of sulfonamides is 1. The number of aromatic nitrogens is 2. The largest absolute Gasteiger partial charge is 0.439 e. The van der Waals surface area contributed by atoms with Crippen LogP contribution in [-0.4, -0.2) is 18.4 Å². The highest BCUT2D eigenvalue weighted by molar-refractivity contribution is 7.92. The fraction of sp³-hybridized carbons (Fsp3) is 0.154. The Kier molecular flexibility index (Phi) is 5.34. The van der Waals surface area contributed by atoms with Gasteiger partial charge in [-0.05, 0) is 49.1 Å². The van der Waals surface area contributed by atoms with E-state index in [2.05, 4.69) is 26.8 Å². The molecule has 0 radical (unpaired) electrons. The van der Waals surface area contributed by atoms with Gasteiger partial charge in [0.1, 0.15) is 5.75 Å². The molecule has 0 spiro atoms. The minimum Gasteiger partial charge on any atom is -0.439 e. The molecular formula is C26H23N3O3S. The van der Waals surface area contributed by atoms with Crippen LogP contribution in [-0.2, 0) is 15.4 Å². The van der Waals surface area contributed by atoms with Gasteiger partial charge in [-0.1, -0.05) is 66.7 Å². The van der Waals surface area contributed by atoms with Gasteiger partial charge >= 0.3 is 0 Å². The number of aryl methyl sites for hydroxylation is 1. The highest BCUT2D eigenvalue weighted by Crippen LogP contribution is 2.53. The Morgan fingerprint density at radius 3 is 2.15 bits per heavy atom. The lowest BCUT2D eigenvalue weighted by Crippen LogP contribution is -2.18. The molecule has 0 amide bonds. The molecule has 7 heteroatoms. The molecule has 4 aromatic rings. The monoisotopic (exact) mass is 457 g/mol. The number of hydrogen-bond donors (Lipinski definition) is 1. The zero-order chi connectivity index (χ0) is 22.9. The molecule has 5 rings (SSSR count). The van der Waals surface area contributed by atoms with Crippen LogP contribution in [0.5, 0.6) is 11.6 Å². The van der Waals surface area contributed by atoms with Crippen molar-refractivity contribution >= 4 is 16.0 Å². The third kappa shape index (κ3) is 4.32. The summed E-state index contributed by atoms with van der Waals surface area (Å²) >= 11 is 0. The molecule has 1 aromatic heterocycles. The number of rotatable bonds is 7. The van der Waals surface area contributed by atoms with Gasteiger partial charge in [0.05, 0.1) is 10.6 Å². The maximum Gasteiger partial charge on any atom is 0.264 e. The number of para-hydroxylation sites is 1.